The van der Waals surface area contributed by atoms with Crippen LogP contribution in [0.4, 0.5) is 0 Å². The third kappa shape index (κ3) is 9.60. The van der Waals surface area contributed by atoms with E-state index < -0.39 is 29.2 Å². The van der Waals surface area contributed by atoms with Gasteiger partial charge in [0.2, 0.25) is 0 Å². The van der Waals surface area contributed by atoms with Crippen LogP contribution in [0.25, 0.3) is 0 Å². The zero-order valence-corrected chi connectivity index (χ0v) is 19.4. The highest BCUT2D eigenvalue weighted by molar-refractivity contribution is 5.91. The van der Waals surface area contributed by atoms with Gasteiger partial charge in [0.05, 0.1) is 24.3 Å². The maximum Gasteiger partial charge on any atom is 0.338 e. The summed E-state index contributed by atoms with van der Waals surface area (Å²) in [5.74, 6) is -2.82. The van der Waals surface area contributed by atoms with E-state index in [1.54, 1.807) is 12.1 Å². The SMILES string of the molecule is O=C(OCCCCCCCCCCCCOC(=O)c1cc(O)c(O)c(O)c1)c1cccc(O)c1. The molecule has 2 aromatic rings. The number of phenols is 4. The quantitative estimate of drug-likeness (QED) is 0.153. The van der Waals surface area contributed by atoms with E-state index in [4.69, 9.17) is 9.47 Å². The van der Waals surface area contributed by atoms with Crippen LogP contribution in [0.15, 0.2) is 36.4 Å². The van der Waals surface area contributed by atoms with Gasteiger partial charge in [0.25, 0.3) is 0 Å². The summed E-state index contributed by atoms with van der Waals surface area (Å²) in [5.41, 5.74) is 0.346. The molecule has 2 rings (SSSR count). The second-order valence-corrected chi connectivity index (χ2v) is 8.22. The number of rotatable bonds is 15. The highest BCUT2D eigenvalue weighted by atomic mass is 16.5. The molecule has 0 bridgehead atoms. The van der Waals surface area contributed by atoms with Gasteiger partial charge in [0, 0.05) is 0 Å². The van der Waals surface area contributed by atoms with Crippen LogP contribution in [0.2, 0.25) is 0 Å². The molecule has 4 N–H and O–H groups in total. The number of carbonyl (C=O) groups is 2. The smallest absolute Gasteiger partial charge is 0.338 e. The number of unbranched alkanes of at least 4 members (excludes halogenated alkanes) is 9. The fourth-order valence-electron chi connectivity index (χ4n) is 3.47. The molecule has 2 aromatic carbocycles. The third-order valence-electron chi connectivity index (χ3n) is 5.39. The van der Waals surface area contributed by atoms with Crippen molar-refractivity contribution in [1.82, 2.24) is 0 Å². The van der Waals surface area contributed by atoms with E-state index in [-0.39, 0.29) is 17.9 Å². The summed E-state index contributed by atoms with van der Waals surface area (Å²) < 4.78 is 10.3. The second-order valence-electron chi connectivity index (χ2n) is 8.22. The van der Waals surface area contributed by atoms with Gasteiger partial charge in [0.15, 0.2) is 17.2 Å². The average molecular weight is 475 g/mol. The van der Waals surface area contributed by atoms with Crippen LogP contribution < -0.4 is 0 Å². The van der Waals surface area contributed by atoms with E-state index in [1.807, 2.05) is 0 Å². The monoisotopic (exact) mass is 474 g/mol. The van der Waals surface area contributed by atoms with Crippen molar-refractivity contribution < 1.29 is 39.5 Å². The Morgan fingerprint density at radius 1 is 0.588 bits per heavy atom. The van der Waals surface area contributed by atoms with E-state index in [9.17, 15) is 30.0 Å². The van der Waals surface area contributed by atoms with Crippen molar-refractivity contribution in [1.29, 1.82) is 0 Å². The lowest BCUT2D eigenvalue weighted by molar-refractivity contribution is 0.0487. The molecule has 0 aliphatic carbocycles. The first-order chi connectivity index (χ1) is 16.4. The van der Waals surface area contributed by atoms with Gasteiger partial charge in [-0.1, -0.05) is 57.4 Å². The van der Waals surface area contributed by atoms with Crippen molar-refractivity contribution in [3.8, 4) is 23.0 Å². The third-order valence-corrected chi connectivity index (χ3v) is 5.39. The fourth-order valence-corrected chi connectivity index (χ4v) is 3.47. The number of ether oxygens (including phenoxy) is 2. The molecule has 0 amide bonds. The van der Waals surface area contributed by atoms with Gasteiger partial charge in [-0.15, -0.1) is 0 Å². The zero-order chi connectivity index (χ0) is 24.8. The van der Waals surface area contributed by atoms with Crippen LogP contribution in [0, 0.1) is 0 Å². The predicted octanol–water partition coefficient (Wildman–Crippen LogP) is 5.42. The minimum absolute atomic E-state index is 0.0116. The van der Waals surface area contributed by atoms with E-state index in [2.05, 4.69) is 0 Å². The van der Waals surface area contributed by atoms with Gasteiger partial charge in [-0.3, -0.25) is 0 Å². The van der Waals surface area contributed by atoms with E-state index >= 15 is 0 Å². The molecule has 34 heavy (non-hydrogen) atoms. The molecule has 8 heteroatoms. The van der Waals surface area contributed by atoms with Gasteiger partial charge in [-0.2, -0.15) is 0 Å². The number of hydrogen-bond donors (Lipinski definition) is 4. The van der Waals surface area contributed by atoms with Crippen molar-refractivity contribution in [2.24, 2.45) is 0 Å². The Bertz CT molecular complexity index is 902. The first-order valence-corrected chi connectivity index (χ1v) is 11.8. The van der Waals surface area contributed by atoms with Crippen molar-refractivity contribution in [2.75, 3.05) is 13.2 Å². The van der Waals surface area contributed by atoms with Crippen LogP contribution in [0.3, 0.4) is 0 Å². The summed E-state index contributed by atoms with van der Waals surface area (Å²) in [6.45, 7) is 0.644. The van der Waals surface area contributed by atoms with Crippen molar-refractivity contribution >= 4 is 11.9 Å². The van der Waals surface area contributed by atoms with Crippen molar-refractivity contribution in [2.45, 2.75) is 64.2 Å². The lowest BCUT2D eigenvalue weighted by atomic mass is 10.1. The van der Waals surface area contributed by atoms with E-state index in [1.165, 1.54) is 12.1 Å². The van der Waals surface area contributed by atoms with Gasteiger partial charge in [-0.25, -0.2) is 9.59 Å². The normalized spacial score (nSPS) is 10.7. The molecule has 0 aliphatic heterocycles. The number of esters is 2. The Morgan fingerprint density at radius 2 is 1.03 bits per heavy atom. The molecule has 0 aromatic heterocycles. The van der Waals surface area contributed by atoms with Crippen molar-refractivity contribution in [3.05, 3.63) is 47.5 Å². The Kier molecular flexibility index (Phi) is 11.6. The molecule has 0 heterocycles. The Balaban J connectivity index is 1.39. The number of aromatic hydroxyl groups is 4. The molecule has 0 fully saturated rings. The van der Waals surface area contributed by atoms with E-state index in [0.717, 1.165) is 76.3 Å². The first kappa shape index (κ1) is 26.8. The van der Waals surface area contributed by atoms with Gasteiger partial charge in [0.1, 0.15) is 5.75 Å². The lowest BCUT2D eigenvalue weighted by Gasteiger charge is -2.07. The second kappa shape index (κ2) is 14.7. The van der Waals surface area contributed by atoms with Crippen LogP contribution in [0.5, 0.6) is 23.0 Å². The molecule has 0 spiro atoms. The fraction of sp³-hybridized carbons (Fsp3) is 0.462. The molecule has 0 aliphatic rings. The minimum atomic E-state index is -0.663. The van der Waals surface area contributed by atoms with Crippen LogP contribution in [-0.2, 0) is 9.47 Å². The van der Waals surface area contributed by atoms with Crippen molar-refractivity contribution in [3.63, 3.8) is 0 Å². The Hall–Kier alpha value is -3.42. The molecular weight excluding hydrogens is 440 g/mol. The van der Waals surface area contributed by atoms with Crippen LogP contribution in [-0.4, -0.2) is 45.6 Å². The largest absolute Gasteiger partial charge is 0.508 e. The van der Waals surface area contributed by atoms with Gasteiger partial charge >= 0.3 is 11.9 Å². The lowest BCUT2D eigenvalue weighted by Crippen LogP contribution is -2.06. The standard InChI is InChI=1S/C26H34O8/c27-21-13-11-12-19(16-21)25(31)33-14-9-7-5-3-1-2-4-6-8-10-15-34-26(32)20-17-22(28)24(30)23(29)18-20/h11-13,16-18,27-30H,1-10,14-15H2. The Morgan fingerprint density at radius 3 is 1.50 bits per heavy atom. The van der Waals surface area contributed by atoms with Gasteiger partial charge < -0.3 is 29.9 Å². The molecule has 0 saturated heterocycles. The zero-order valence-electron chi connectivity index (χ0n) is 19.4. The predicted molar refractivity (Wildman–Crippen MR) is 126 cm³/mol. The topological polar surface area (TPSA) is 134 Å². The number of hydrogen-bond acceptors (Lipinski definition) is 8. The highest BCUT2D eigenvalue weighted by Gasteiger charge is 2.14. The summed E-state index contributed by atoms with van der Waals surface area (Å²) >= 11 is 0. The average Bonchev–Trinajstić information content (AvgIpc) is 2.82. The summed E-state index contributed by atoms with van der Waals surface area (Å²) in [6, 6.07) is 8.25. The van der Waals surface area contributed by atoms with Crippen LogP contribution >= 0.6 is 0 Å². The van der Waals surface area contributed by atoms with E-state index in [0.29, 0.717) is 12.2 Å². The summed E-state index contributed by atoms with van der Waals surface area (Å²) in [7, 11) is 0. The molecule has 186 valence electrons. The minimum Gasteiger partial charge on any atom is -0.508 e. The van der Waals surface area contributed by atoms with Gasteiger partial charge in [-0.05, 0) is 43.2 Å². The summed E-state index contributed by atoms with van der Waals surface area (Å²) in [4.78, 5) is 23.8. The number of phenolic OH excluding ortho intramolecular Hbond substituents is 4. The first-order valence-electron chi connectivity index (χ1n) is 11.8. The molecular formula is C26H34O8. The highest BCUT2D eigenvalue weighted by Crippen LogP contribution is 2.35. The molecule has 0 unspecified atom stereocenters. The Labute approximate surface area is 199 Å². The molecule has 0 radical (unpaired) electrons. The maximum absolute atomic E-state index is 11.9. The number of carbonyl (C=O) groups excluding carboxylic acids is 2. The van der Waals surface area contributed by atoms with Crippen LogP contribution in [0.1, 0.15) is 84.9 Å². The molecule has 0 atom stereocenters. The maximum atomic E-state index is 11.9. The summed E-state index contributed by atoms with van der Waals surface area (Å²) in [6.07, 6.45) is 10.3. The number of benzene rings is 2. The molecule has 8 nitrogen and oxygen atoms in total. The summed E-state index contributed by atoms with van der Waals surface area (Å²) in [5, 5.41) is 37.6. The molecule has 0 saturated carbocycles.